The molecule has 2 rings (SSSR count). The number of piperidine rings is 1. The number of nitrogens with zero attached hydrogens (tertiary/aromatic N) is 2. The number of nitriles is 1. The summed E-state index contributed by atoms with van der Waals surface area (Å²) < 4.78 is 0. The lowest BCUT2D eigenvalue weighted by atomic mass is 9.99. The number of nitrogens with one attached hydrogen (secondary N) is 1. The Labute approximate surface area is 130 Å². The number of carbonyl (C=O) groups excluding carboxylic acids is 2. The van der Waals surface area contributed by atoms with Crippen molar-refractivity contribution in [3.8, 4) is 6.07 Å². The fourth-order valence-corrected chi connectivity index (χ4v) is 2.83. The molecule has 0 bridgehead atoms. The van der Waals surface area contributed by atoms with Gasteiger partial charge in [-0.2, -0.15) is 5.26 Å². The highest BCUT2D eigenvalue weighted by Gasteiger charge is 2.26. The number of likely N-dealkylation sites (tertiary alicyclic amines) is 1. The molecule has 0 aromatic heterocycles. The summed E-state index contributed by atoms with van der Waals surface area (Å²) in [6, 6.07) is 8.88. The third-order valence-electron chi connectivity index (χ3n) is 4.03. The molecule has 1 aliphatic heterocycles. The van der Waals surface area contributed by atoms with Gasteiger partial charge in [-0.3, -0.25) is 9.59 Å². The summed E-state index contributed by atoms with van der Waals surface area (Å²) in [7, 11) is 0. The van der Waals surface area contributed by atoms with Gasteiger partial charge in [-0.1, -0.05) is 6.92 Å². The van der Waals surface area contributed by atoms with Gasteiger partial charge < -0.3 is 10.2 Å². The molecule has 1 atom stereocenters. The van der Waals surface area contributed by atoms with E-state index in [9.17, 15) is 9.59 Å². The highest BCUT2D eigenvalue weighted by molar-refractivity contribution is 6.03. The molecule has 1 aromatic carbocycles. The smallest absolute Gasteiger partial charge is 0.233 e. The third-order valence-corrected chi connectivity index (χ3v) is 4.03. The van der Waals surface area contributed by atoms with E-state index in [4.69, 9.17) is 5.26 Å². The highest BCUT2D eigenvalue weighted by atomic mass is 16.2. The van der Waals surface area contributed by atoms with Crippen molar-refractivity contribution in [3.63, 3.8) is 0 Å². The summed E-state index contributed by atoms with van der Waals surface area (Å²) in [4.78, 5) is 26.1. The molecule has 1 aliphatic rings. The maximum atomic E-state index is 12.3. The van der Waals surface area contributed by atoms with Crippen LogP contribution in [0.5, 0.6) is 0 Å². The summed E-state index contributed by atoms with van der Waals surface area (Å²) in [6.45, 7) is 2.83. The maximum Gasteiger partial charge on any atom is 0.233 e. The van der Waals surface area contributed by atoms with E-state index < -0.39 is 0 Å². The highest BCUT2D eigenvalue weighted by Crippen LogP contribution is 2.20. The molecule has 1 unspecified atom stereocenters. The normalized spacial score (nSPS) is 17.6. The average molecular weight is 299 g/mol. The quantitative estimate of drug-likeness (QED) is 0.869. The van der Waals surface area contributed by atoms with Crippen molar-refractivity contribution < 1.29 is 9.59 Å². The molecule has 0 spiro atoms. The summed E-state index contributed by atoms with van der Waals surface area (Å²) in [5.74, 6) is -0.409. The van der Waals surface area contributed by atoms with Gasteiger partial charge in [0.25, 0.3) is 0 Å². The van der Waals surface area contributed by atoms with Gasteiger partial charge in [-0.15, -0.1) is 0 Å². The van der Waals surface area contributed by atoms with Gasteiger partial charge >= 0.3 is 0 Å². The lowest BCUT2D eigenvalue weighted by Gasteiger charge is -2.35. The Balaban J connectivity index is 1.90. The summed E-state index contributed by atoms with van der Waals surface area (Å²) in [5, 5.41) is 11.4. The summed E-state index contributed by atoms with van der Waals surface area (Å²) in [5.41, 5.74) is 1.13. The van der Waals surface area contributed by atoms with Crippen LogP contribution in [0.3, 0.4) is 0 Å². The van der Waals surface area contributed by atoms with Crippen LogP contribution < -0.4 is 5.32 Å². The third kappa shape index (κ3) is 4.08. The van der Waals surface area contributed by atoms with Crippen LogP contribution in [0.25, 0.3) is 0 Å². The minimum absolute atomic E-state index is 0.0994. The molecule has 0 aliphatic carbocycles. The summed E-state index contributed by atoms with van der Waals surface area (Å²) in [6.07, 6.45) is 4.00. The lowest BCUT2D eigenvalue weighted by Crippen LogP contribution is -2.44. The maximum absolute atomic E-state index is 12.3. The fraction of sp³-hybridized carbons (Fsp3) is 0.471. The van der Waals surface area contributed by atoms with Crippen molar-refractivity contribution in [1.29, 1.82) is 5.26 Å². The summed E-state index contributed by atoms with van der Waals surface area (Å²) >= 11 is 0. The number of benzene rings is 1. The van der Waals surface area contributed by atoms with E-state index in [0.717, 1.165) is 32.2 Å². The Kier molecular flexibility index (Phi) is 5.54. The molecule has 2 amide bonds. The van der Waals surface area contributed by atoms with E-state index in [2.05, 4.69) is 12.2 Å². The molecular weight excluding hydrogens is 278 g/mol. The number of rotatable bonds is 4. The first-order valence-electron chi connectivity index (χ1n) is 7.73. The van der Waals surface area contributed by atoms with Crippen LogP contribution in [0.1, 0.15) is 44.6 Å². The van der Waals surface area contributed by atoms with Gasteiger partial charge in [0.2, 0.25) is 11.8 Å². The second kappa shape index (κ2) is 7.60. The molecule has 1 saturated heterocycles. The second-order valence-electron chi connectivity index (χ2n) is 5.56. The number of anilines is 1. The van der Waals surface area contributed by atoms with Crippen LogP contribution in [0.15, 0.2) is 24.3 Å². The van der Waals surface area contributed by atoms with Crippen LogP contribution in [-0.4, -0.2) is 29.3 Å². The Morgan fingerprint density at radius 2 is 2.05 bits per heavy atom. The topological polar surface area (TPSA) is 73.2 Å². The van der Waals surface area contributed by atoms with Crippen LogP contribution in [-0.2, 0) is 9.59 Å². The van der Waals surface area contributed by atoms with Crippen LogP contribution in [0, 0.1) is 11.3 Å². The predicted molar refractivity (Wildman–Crippen MR) is 84.0 cm³/mol. The van der Waals surface area contributed by atoms with E-state index in [0.29, 0.717) is 11.3 Å². The number of carbonyl (C=O) groups is 2. The molecule has 1 heterocycles. The monoisotopic (exact) mass is 299 g/mol. The number of hydrogen-bond donors (Lipinski definition) is 1. The van der Waals surface area contributed by atoms with E-state index >= 15 is 0 Å². The predicted octanol–water partition coefficient (Wildman–Crippen LogP) is 2.68. The number of amides is 2. The molecule has 1 fully saturated rings. The zero-order valence-electron chi connectivity index (χ0n) is 12.8. The fourth-order valence-electron chi connectivity index (χ4n) is 2.83. The van der Waals surface area contributed by atoms with E-state index in [1.54, 1.807) is 24.3 Å². The van der Waals surface area contributed by atoms with E-state index in [-0.39, 0.29) is 24.3 Å². The van der Waals surface area contributed by atoms with Gasteiger partial charge in [0.05, 0.1) is 11.6 Å². The Hall–Kier alpha value is -2.35. The van der Waals surface area contributed by atoms with Crippen molar-refractivity contribution in [1.82, 2.24) is 4.90 Å². The standard InChI is InChI=1S/C17H21N3O2/c1-2-15-5-3-4-10-20(15)17(22)11-16(21)19-14-8-6-13(12-18)7-9-14/h6-9,15H,2-5,10-11H2,1H3,(H,19,21). The van der Waals surface area contributed by atoms with Crippen molar-refractivity contribution >= 4 is 17.5 Å². The van der Waals surface area contributed by atoms with Crippen molar-refractivity contribution in [3.05, 3.63) is 29.8 Å². The molecule has 22 heavy (non-hydrogen) atoms. The minimum Gasteiger partial charge on any atom is -0.339 e. The molecule has 5 nitrogen and oxygen atoms in total. The van der Waals surface area contributed by atoms with Crippen molar-refractivity contribution in [2.24, 2.45) is 0 Å². The van der Waals surface area contributed by atoms with Crippen molar-refractivity contribution in [2.75, 3.05) is 11.9 Å². The van der Waals surface area contributed by atoms with Gasteiger partial charge in [-0.25, -0.2) is 0 Å². The van der Waals surface area contributed by atoms with Crippen LogP contribution in [0.4, 0.5) is 5.69 Å². The van der Waals surface area contributed by atoms with E-state index in [1.165, 1.54) is 0 Å². The van der Waals surface area contributed by atoms with Gasteiger partial charge in [0, 0.05) is 18.3 Å². The Morgan fingerprint density at radius 1 is 1.32 bits per heavy atom. The van der Waals surface area contributed by atoms with Gasteiger partial charge in [0.1, 0.15) is 6.42 Å². The van der Waals surface area contributed by atoms with Crippen LogP contribution in [0.2, 0.25) is 0 Å². The largest absolute Gasteiger partial charge is 0.339 e. The number of hydrogen-bond acceptors (Lipinski definition) is 3. The first-order chi connectivity index (χ1) is 10.6. The molecular formula is C17H21N3O2. The molecule has 1 N–H and O–H groups in total. The van der Waals surface area contributed by atoms with Gasteiger partial charge in [-0.05, 0) is 49.9 Å². The van der Waals surface area contributed by atoms with E-state index in [1.807, 2.05) is 11.0 Å². The lowest BCUT2D eigenvalue weighted by molar-refractivity contribution is -0.137. The molecule has 0 saturated carbocycles. The average Bonchev–Trinajstić information content (AvgIpc) is 2.55. The SMILES string of the molecule is CCC1CCCCN1C(=O)CC(=O)Nc1ccc(C#N)cc1. The second-order valence-corrected chi connectivity index (χ2v) is 5.56. The zero-order chi connectivity index (χ0) is 15.9. The first kappa shape index (κ1) is 16.0. The Morgan fingerprint density at radius 3 is 2.68 bits per heavy atom. The van der Waals surface area contributed by atoms with Crippen LogP contribution >= 0.6 is 0 Å². The molecule has 5 heteroatoms. The molecule has 1 aromatic rings. The van der Waals surface area contributed by atoms with Crippen molar-refractivity contribution in [2.45, 2.75) is 45.1 Å². The molecule has 0 radical (unpaired) electrons. The first-order valence-corrected chi connectivity index (χ1v) is 7.73. The van der Waals surface area contributed by atoms with Gasteiger partial charge in [0.15, 0.2) is 0 Å². The molecule has 116 valence electrons. The minimum atomic E-state index is -0.310. The Bertz CT molecular complexity index is 575. The zero-order valence-corrected chi connectivity index (χ0v) is 12.8.